The molecule has 0 atom stereocenters. The summed E-state index contributed by atoms with van der Waals surface area (Å²) in [6.07, 6.45) is 0. The summed E-state index contributed by atoms with van der Waals surface area (Å²) in [4.78, 5) is 0. The standard InChI is InChI=1S/C14H12F3NO/c15-13-4-2-1-3-10(13)9-18-11-5-7-12(8-6-11)19-14(16)17/h1-8,14,18H,9H2. The Morgan fingerprint density at radius 1 is 1.00 bits per heavy atom. The highest BCUT2D eigenvalue weighted by molar-refractivity contribution is 5.46. The van der Waals surface area contributed by atoms with Crippen LogP contribution in [0.2, 0.25) is 0 Å². The van der Waals surface area contributed by atoms with E-state index in [0.717, 1.165) is 0 Å². The van der Waals surface area contributed by atoms with Crippen LogP contribution >= 0.6 is 0 Å². The van der Waals surface area contributed by atoms with Gasteiger partial charge in [-0.1, -0.05) is 18.2 Å². The van der Waals surface area contributed by atoms with Crippen LogP contribution in [0.1, 0.15) is 5.56 Å². The molecule has 0 fully saturated rings. The molecule has 2 nitrogen and oxygen atoms in total. The van der Waals surface area contributed by atoms with Gasteiger partial charge in [-0.15, -0.1) is 0 Å². The summed E-state index contributed by atoms with van der Waals surface area (Å²) < 4.78 is 41.5. The number of alkyl halides is 2. The van der Waals surface area contributed by atoms with Gasteiger partial charge in [0.15, 0.2) is 0 Å². The van der Waals surface area contributed by atoms with Crippen LogP contribution in [-0.2, 0) is 6.54 Å². The van der Waals surface area contributed by atoms with Crippen molar-refractivity contribution in [3.05, 3.63) is 59.9 Å². The van der Waals surface area contributed by atoms with Crippen molar-refractivity contribution in [3.63, 3.8) is 0 Å². The highest BCUT2D eigenvalue weighted by Crippen LogP contribution is 2.18. The van der Waals surface area contributed by atoms with E-state index in [1.807, 2.05) is 0 Å². The largest absolute Gasteiger partial charge is 0.435 e. The molecule has 0 aromatic heterocycles. The van der Waals surface area contributed by atoms with E-state index in [4.69, 9.17) is 0 Å². The SMILES string of the molecule is Fc1ccccc1CNc1ccc(OC(F)F)cc1. The van der Waals surface area contributed by atoms with Crippen molar-refractivity contribution >= 4 is 5.69 Å². The molecule has 0 aliphatic heterocycles. The van der Waals surface area contributed by atoms with Gasteiger partial charge < -0.3 is 10.1 Å². The van der Waals surface area contributed by atoms with Gasteiger partial charge in [0.05, 0.1) is 0 Å². The Kier molecular flexibility index (Phi) is 4.28. The van der Waals surface area contributed by atoms with Gasteiger partial charge in [0.2, 0.25) is 0 Å². The smallest absolute Gasteiger partial charge is 0.387 e. The molecule has 2 aromatic rings. The van der Waals surface area contributed by atoms with Crippen LogP contribution in [0.5, 0.6) is 5.75 Å². The van der Waals surface area contributed by atoms with Gasteiger partial charge in [0.1, 0.15) is 11.6 Å². The molecule has 0 saturated heterocycles. The number of ether oxygens (including phenoxy) is 1. The molecule has 0 bridgehead atoms. The lowest BCUT2D eigenvalue weighted by atomic mass is 10.2. The third-order valence-corrected chi connectivity index (χ3v) is 2.52. The fraction of sp³-hybridized carbons (Fsp3) is 0.143. The van der Waals surface area contributed by atoms with Crippen LogP contribution in [0.15, 0.2) is 48.5 Å². The second kappa shape index (κ2) is 6.13. The van der Waals surface area contributed by atoms with Crippen LogP contribution < -0.4 is 10.1 Å². The van der Waals surface area contributed by atoms with E-state index in [2.05, 4.69) is 10.1 Å². The zero-order chi connectivity index (χ0) is 13.7. The van der Waals surface area contributed by atoms with Crippen molar-refractivity contribution in [2.24, 2.45) is 0 Å². The lowest BCUT2D eigenvalue weighted by molar-refractivity contribution is -0.0498. The maximum absolute atomic E-state index is 13.4. The van der Waals surface area contributed by atoms with Crippen LogP contribution in [-0.4, -0.2) is 6.61 Å². The zero-order valence-corrected chi connectivity index (χ0v) is 9.95. The lowest BCUT2D eigenvalue weighted by Gasteiger charge is -2.09. The Hall–Kier alpha value is -2.17. The second-order valence-electron chi connectivity index (χ2n) is 3.85. The second-order valence-corrected chi connectivity index (χ2v) is 3.85. The first-order chi connectivity index (χ1) is 9.15. The number of hydrogen-bond donors (Lipinski definition) is 1. The predicted octanol–water partition coefficient (Wildman–Crippen LogP) is 4.04. The average molecular weight is 267 g/mol. The van der Waals surface area contributed by atoms with E-state index in [0.29, 0.717) is 17.8 Å². The Labute approximate surface area is 108 Å². The van der Waals surface area contributed by atoms with Crippen molar-refractivity contribution in [1.29, 1.82) is 0 Å². The summed E-state index contributed by atoms with van der Waals surface area (Å²) in [5.41, 5.74) is 1.24. The highest BCUT2D eigenvalue weighted by Gasteiger charge is 2.04. The molecule has 100 valence electrons. The normalized spacial score (nSPS) is 10.5. The summed E-state index contributed by atoms with van der Waals surface area (Å²) in [6, 6.07) is 12.5. The summed E-state index contributed by atoms with van der Waals surface area (Å²) in [5.74, 6) is -0.195. The molecule has 1 N–H and O–H groups in total. The van der Waals surface area contributed by atoms with E-state index >= 15 is 0 Å². The molecule has 0 spiro atoms. The molecule has 0 amide bonds. The van der Waals surface area contributed by atoms with Gasteiger partial charge in [0, 0.05) is 17.8 Å². The molecule has 2 rings (SSSR count). The van der Waals surface area contributed by atoms with E-state index in [9.17, 15) is 13.2 Å². The number of nitrogens with one attached hydrogen (secondary N) is 1. The quantitative estimate of drug-likeness (QED) is 0.882. The monoisotopic (exact) mass is 267 g/mol. The molecular formula is C14H12F3NO. The minimum atomic E-state index is -2.84. The van der Waals surface area contributed by atoms with Crippen molar-refractivity contribution < 1.29 is 17.9 Å². The van der Waals surface area contributed by atoms with Crippen LogP contribution in [0.4, 0.5) is 18.9 Å². The van der Waals surface area contributed by atoms with E-state index in [1.165, 1.54) is 18.2 Å². The molecule has 0 aliphatic rings. The summed E-state index contributed by atoms with van der Waals surface area (Å²) in [5, 5.41) is 3.00. The van der Waals surface area contributed by atoms with E-state index in [-0.39, 0.29) is 11.6 Å². The molecule has 0 aliphatic carbocycles. The van der Waals surface area contributed by atoms with Gasteiger partial charge in [0.25, 0.3) is 0 Å². The predicted molar refractivity (Wildman–Crippen MR) is 66.8 cm³/mol. The maximum atomic E-state index is 13.4. The van der Waals surface area contributed by atoms with E-state index in [1.54, 1.807) is 30.3 Å². The Morgan fingerprint density at radius 2 is 1.68 bits per heavy atom. The first-order valence-electron chi connectivity index (χ1n) is 5.67. The third kappa shape index (κ3) is 3.91. The molecular weight excluding hydrogens is 255 g/mol. The molecule has 0 heterocycles. The van der Waals surface area contributed by atoms with Gasteiger partial charge in [-0.3, -0.25) is 0 Å². The third-order valence-electron chi connectivity index (χ3n) is 2.52. The summed E-state index contributed by atoms with van der Waals surface area (Å²) in [6.45, 7) is -2.51. The number of anilines is 1. The Morgan fingerprint density at radius 3 is 2.32 bits per heavy atom. The van der Waals surface area contributed by atoms with Crippen LogP contribution in [0.25, 0.3) is 0 Å². The van der Waals surface area contributed by atoms with Crippen molar-refractivity contribution in [2.45, 2.75) is 13.2 Å². The molecule has 2 aromatic carbocycles. The Balaban J connectivity index is 1.95. The minimum absolute atomic E-state index is 0.0893. The van der Waals surface area contributed by atoms with Crippen LogP contribution in [0, 0.1) is 5.82 Å². The summed E-state index contributed by atoms with van der Waals surface area (Å²) in [7, 11) is 0. The number of hydrogen-bond acceptors (Lipinski definition) is 2. The minimum Gasteiger partial charge on any atom is -0.435 e. The lowest BCUT2D eigenvalue weighted by Crippen LogP contribution is -2.03. The van der Waals surface area contributed by atoms with Crippen molar-refractivity contribution in [2.75, 3.05) is 5.32 Å². The number of rotatable bonds is 5. The molecule has 0 unspecified atom stereocenters. The van der Waals surface area contributed by atoms with E-state index < -0.39 is 6.61 Å². The number of benzene rings is 2. The van der Waals surface area contributed by atoms with Crippen LogP contribution in [0.3, 0.4) is 0 Å². The van der Waals surface area contributed by atoms with Crippen molar-refractivity contribution in [1.82, 2.24) is 0 Å². The molecule has 0 radical (unpaired) electrons. The summed E-state index contributed by atoms with van der Waals surface area (Å²) >= 11 is 0. The Bertz CT molecular complexity index is 528. The van der Waals surface area contributed by atoms with Crippen molar-refractivity contribution in [3.8, 4) is 5.75 Å². The topological polar surface area (TPSA) is 21.3 Å². The zero-order valence-electron chi connectivity index (χ0n) is 9.95. The van der Waals surface area contributed by atoms with Gasteiger partial charge in [-0.2, -0.15) is 8.78 Å². The maximum Gasteiger partial charge on any atom is 0.387 e. The van der Waals surface area contributed by atoms with Gasteiger partial charge >= 0.3 is 6.61 Å². The fourth-order valence-electron chi connectivity index (χ4n) is 1.59. The fourth-order valence-corrected chi connectivity index (χ4v) is 1.59. The van der Waals surface area contributed by atoms with Gasteiger partial charge in [-0.05, 0) is 30.3 Å². The first-order valence-corrected chi connectivity index (χ1v) is 5.67. The number of halogens is 3. The molecule has 19 heavy (non-hydrogen) atoms. The molecule has 5 heteroatoms. The molecule has 0 saturated carbocycles. The average Bonchev–Trinajstić information content (AvgIpc) is 2.39. The first kappa shape index (κ1) is 13.3. The highest BCUT2D eigenvalue weighted by atomic mass is 19.3. The van der Waals surface area contributed by atoms with Gasteiger partial charge in [-0.25, -0.2) is 4.39 Å².